The minimum Gasteiger partial charge on any atom is -0.383 e. The van der Waals surface area contributed by atoms with Crippen molar-refractivity contribution >= 4 is 23.0 Å². The number of carbonyl (C=O) groups excluding carboxylic acids is 1. The van der Waals surface area contributed by atoms with E-state index in [4.69, 9.17) is 10.5 Å². The van der Waals surface area contributed by atoms with Crippen LogP contribution in [0.4, 0.5) is 5.82 Å². The molecule has 3 rings (SSSR count). The Morgan fingerprint density at radius 2 is 2.35 bits per heavy atom. The Labute approximate surface area is 134 Å². The van der Waals surface area contributed by atoms with Gasteiger partial charge in [0.05, 0.1) is 24.2 Å². The molecule has 0 amide bonds. The standard InChI is InChI=1S/C16H21N5O2/c1-23-9-14-15(8-22)21(5-4-18-14)7-11-2-3-12-13(6-11)19-10-20-16(12)17/h2-3,6,8,10,14-15,18H,4-5,7,9H2,1H3,(H2,17,19,20)/t14-,15?/m1/s1. The van der Waals surface area contributed by atoms with Crippen LogP contribution in [0.5, 0.6) is 0 Å². The Kier molecular flexibility index (Phi) is 4.80. The smallest absolute Gasteiger partial charge is 0.138 e. The van der Waals surface area contributed by atoms with E-state index in [9.17, 15) is 4.79 Å². The molecule has 1 aromatic heterocycles. The predicted molar refractivity (Wildman–Crippen MR) is 87.9 cm³/mol. The highest BCUT2D eigenvalue weighted by Crippen LogP contribution is 2.20. The summed E-state index contributed by atoms with van der Waals surface area (Å²) < 4.78 is 5.20. The number of aldehydes is 1. The zero-order chi connectivity index (χ0) is 16.2. The molecular weight excluding hydrogens is 294 g/mol. The number of benzene rings is 1. The van der Waals surface area contributed by atoms with Crippen molar-refractivity contribution in [1.29, 1.82) is 0 Å². The van der Waals surface area contributed by atoms with Gasteiger partial charge in [-0.3, -0.25) is 4.90 Å². The Morgan fingerprint density at radius 3 is 3.13 bits per heavy atom. The summed E-state index contributed by atoms with van der Waals surface area (Å²) in [6, 6.07) is 5.77. The predicted octanol–water partition coefficient (Wildman–Crippen LogP) is 0.200. The van der Waals surface area contributed by atoms with Crippen LogP contribution in [-0.2, 0) is 16.1 Å². The third kappa shape index (κ3) is 3.31. The largest absolute Gasteiger partial charge is 0.383 e. The summed E-state index contributed by atoms with van der Waals surface area (Å²) >= 11 is 0. The number of nitrogens with zero attached hydrogens (tertiary/aromatic N) is 3. The first kappa shape index (κ1) is 15.8. The molecule has 2 heterocycles. The molecule has 7 nitrogen and oxygen atoms in total. The van der Waals surface area contributed by atoms with Gasteiger partial charge in [-0.25, -0.2) is 9.97 Å². The number of nitrogen functional groups attached to an aromatic ring is 1. The lowest BCUT2D eigenvalue weighted by molar-refractivity contribution is -0.115. The summed E-state index contributed by atoms with van der Waals surface area (Å²) in [7, 11) is 1.65. The Bertz CT molecular complexity index is 691. The molecule has 0 aliphatic carbocycles. The number of piperazine rings is 1. The van der Waals surface area contributed by atoms with Crippen molar-refractivity contribution in [2.45, 2.75) is 18.6 Å². The maximum absolute atomic E-state index is 11.5. The molecule has 23 heavy (non-hydrogen) atoms. The molecule has 1 fully saturated rings. The lowest BCUT2D eigenvalue weighted by atomic mass is 10.0. The molecule has 1 aromatic carbocycles. The zero-order valence-electron chi connectivity index (χ0n) is 13.1. The van der Waals surface area contributed by atoms with E-state index in [0.717, 1.165) is 35.8 Å². The fraction of sp³-hybridized carbons (Fsp3) is 0.438. The Balaban J connectivity index is 1.81. The van der Waals surface area contributed by atoms with Crippen LogP contribution in [0.25, 0.3) is 10.9 Å². The van der Waals surface area contributed by atoms with Gasteiger partial charge in [0, 0.05) is 32.1 Å². The Hall–Kier alpha value is -2.09. The van der Waals surface area contributed by atoms with Gasteiger partial charge in [-0.1, -0.05) is 6.07 Å². The summed E-state index contributed by atoms with van der Waals surface area (Å²) in [5.41, 5.74) is 7.77. The van der Waals surface area contributed by atoms with Gasteiger partial charge in [0.1, 0.15) is 18.4 Å². The van der Waals surface area contributed by atoms with E-state index < -0.39 is 0 Å². The average Bonchev–Trinajstić information content (AvgIpc) is 2.56. The van der Waals surface area contributed by atoms with Crippen LogP contribution in [0, 0.1) is 0 Å². The summed E-state index contributed by atoms with van der Waals surface area (Å²) in [5, 5.41) is 4.19. The molecule has 0 spiro atoms. The molecular formula is C16H21N5O2. The molecule has 1 aliphatic heterocycles. The van der Waals surface area contributed by atoms with Gasteiger partial charge in [0.2, 0.25) is 0 Å². The van der Waals surface area contributed by atoms with Crippen LogP contribution in [-0.4, -0.2) is 60.0 Å². The Morgan fingerprint density at radius 1 is 1.48 bits per heavy atom. The number of rotatable bonds is 5. The number of nitrogens with two attached hydrogens (primary N) is 1. The van der Waals surface area contributed by atoms with E-state index in [0.29, 0.717) is 19.0 Å². The van der Waals surface area contributed by atoms with Crippen LogP contribution in [0.15, 0.2) is 24.5 Å². The number of carbonyl (C=O) groups is 1. The molecule has 2 aromatic rings. The van der Waals surface area contributed by atoms with E-state index in [1.807, 2.05) is 18.2 Å². The van der Waals surface area contributed by atoms with E-state index >= 15 is 0 Å². The number of hydrogen-bond acceptors (Lipinski definition) is 7. The molecule has 0 radical (unpaired) electrons. The van der Waals surface area contributed by atoms with Gasteiger partial charge in [0.25, 0.3) is 0 Å². The molecule has 1 saturated heterocycles. The normalized spacial score (nSPS) is 22.3. The van der Waals surface area contributed by atoms with Crippen LogP contribution in [0.3, 0.4) is 0 Å². The van der Waals surface area contributed by atoms with Gasteiger partial charge >= 0.3 is 0 Å². The summed E-state index contributed by atoms with van der Waals surface area (Å²) in [6.07, 6.45) is 2.46. The number of anilines is 1. The van der Waals surface area contributed by atoms with E-state index in [2.05, 4.69) is 20.2 Å². The van der Waals surface area contributed by atoms with Crippen LogP contribution >= 0.6 is 0 Å². The number of methoxy groups -OCH3 is 1. The number of ether oxygens (including phenoxy) is 1. The molecule has 122 valence electrons. The fourth-order valence-electron chi connectivity index (χ4n) is 3.08. The van der Waals surface area contributed by atoms with Gasteiger partial charge in [-0.2, -0.15) is 0 Å². The van der Waals surface area contributed by atoms with Crippen molar-refractivity contribution < 1.29 is 9.53 Å². The minimum absolute atomic E-state index is 0.0182. The van der Waals surface area contributed by atoms with Crippen molar-refractivity contribution in [1.82, 2.24) is 20.2 Å². The molecule has 3 N–H and O–H groups in total. The van der Waals surface area contributed by atoms with Gasteiger partial charge < -0.3 is 20.6 Å². The number of aromatic nitrogens is 2. The van der Waals surface area contributed by atoms with Crippen LogP contribution in [0.1, 0.15) is 5.56 Å². The van der Waals surface area contributed by atoms with Crippen molar-refractivity contribution in [2.75, 3.05) is 32.5 Å². The van der Waals surface area contributed by atoms with Crippen LogP contribution < -0.4 is 11.1 Å². The number of hydrogen-bond donors (Lipinski definition) is 2. The third-order valence-corrected chi connectivity index (χ3v) is 4.24. The second kappa shape index (κ2) is 6.99. The monoisotopic (exact) mass is 315 g/mol. The highest BCUT2D eigenvalue weighted by molar-refractivity contribution is 5.88. The second-order valence-corrected chi connectivity index (χ2v) is 5.72. The number of fused-ring (bicyclic) bond motifs is 1. The fourth-order valence-corrected chi connectivity index (χ4v) is 3.08. The first-order valence-electron chi connectivity index (χ1n) is 7.63. The van der Waals surface area contributed by atoms with E-state index in [1.165, 1.54) is 6.33 Å². The van der Waals surface area contributed by atoms with E-state index in [1.54, 1.807) is 7.11 Å². The SMILES string of the molecule is COC[C@H]1NCCN(Cc2ccc3c(N)ncnc3c2)C1C=O. The third-order valence-electron chi connectivity index (χ3n) is 4.24. The van der Waals surface area contributed by atoms with E-state index in [-0.39, 0.29) is 12.1 Å². The molecule has 0 bridgehead atoms. The van der Waals surface area contributed by atoms with Gasteiger partial charge in [0.15, 0.2) is 0 Å². The lowest BCUT2D eigenvalue weighted by Crippen LogP contribution is -2.59. The topological polar surface area (TPSA) is 93.4 Å². The molecule has 1 aliphatic rings. The zero-order valence-corrected chi connectivity index (χ0v) is 13.1. The molecule has 1 unspecified atom stereocenters. The lowest BCUT2D eigenvalue weighted by Gasteiger charge is -2.38. The van der Waals surface area contributed by atoms with Crippen molar-refractivity contribution in [3.05, 3.63) is 30.1 Å². The minimum atomic E-state index is -0.199. The molecule has 7 heteroatoms. The van der Waals surface area contributed by atoms with Crippen LogP contribution in [0.2, 0.25) is 0 Å². The second-order valence-electron chi connectivity index (χ2n) is 5.72. The summed E-state index contributed by atoms with van der Waals surface area (Å²) in [4.78, 5) is 22.0. The first-order valence-corrected chi connectivity index (χ1v) is 7.63. The average molecular weight is 315 g/mol. The maximum atomic E-state index is 11.5. The van der Waals surface area contributed by atoms with Crippen molar-refractivity contribution in [2.24, 2.45) is 0 Å². The number of nitrogens with one attached hydrogen (secondary N) is 1. The first-order chi connectivity index (χ1) is 11.2. The molecule has 0 saturated carbocycles. The van der Waals surface area contributed by atoms with Crippen molar-refractivity contribution in [3.63, 3.8) is 0 Å². The quantitative estimate of drug-likeness (QED) is 0.761. The highest BCUT2D eigenvalue weighted by Gasteiger charge is 2.30. The summed E-state index contributed by atoms with van der Waals surface area (Å²) in [5.74, 6) is 0.481. The highest BCUT2D eigenvalue weighted by atomic mass is 16.5. The van der Waals surface area contributed by atoms with Gasteiger partial charge in [-0.05, 0) is 17.7 Å². The summed E-state index contributed by atoms with van der Waals surface area (Å²) in [6.45, 7) is 2.85. The van der Waals surface area contributed by atoms with Gasteiger partial charge in [-0.15, -0.1) is 0 Å². The van der Waals surface area contributed by atoms with Crippen molar-refractivity contribution in [3.8, 4) is 0 Å². The maximum Gasteiger partial charge on any atom is 0.138 e. The molecule has 2 atom stereocenters.